The Balaban J connectivity index is 1.39. The van der Waals surface area contributed by atoms with Crippen LogP contribution in [0, 0.1) is 19.8 Å². The van der Waals surface area contributed by atoms with Crippen LogP contribution in [0.3, 0.4) is 0 Å². The van der Waals surface area contributed by atoms with Crippen molar-refractivity contribution < 1.29 is 9.32 Å². The van der Waals surface area contributed by atoms with Gasteiger partial charge in [0.1, 0.15) is 0 Å². The second-order valence-electron chi connectivity index (χ2n) is 8.08. The van der Waals surface area contributed by atoms with Crippen molar-refractivity contribution in [2.24, 2.45) is 5.92 Å². The summed E-state index contributed by atoms with van der Waals surface area (Å²) in [5.41, 5.74) is 3.79. The summed E-state index contributed by atoms with van der Waals surface area (Å²) in [5.74, 6) is 0.894. The van der Waals surface area contributed by atoms with E-state index in [1.165, 1.54) is 0 Å². The number of carbonyl (C=O) groups excluding carboxylic acids is 1. The maximum Gasteiger partial charge on any atom is 0.241 e. The van der Waals surface area contributed by atoms with Crippen LogP contribution in [0.15, 0.2) is 40.9 Å². The van der Waals surface area contributed by atoms with Gasteiger partial charge < -0.3 is 9.84 Å². The molecule has 0 spiro atoms. The second-order valence-corrected chi connectivity index (χ2v) is 8.92. The van der Waals surface area contributed by atoms with E-state index < -0.39 is 0 Å². The molecule has 1 saturated heterocycles. The molecule has 4 rings (SSSR count). The number of piperidine rings is 1. The zero-order valence-electron chi connectivity index (χ0n) is 17.5. The van der Waals surface area contributed by atoms with Crippen molar-refractivity contribution in [2.75, 3.05) is 18.4 Å². The minimum Gasteiger partial charge on any atom is -0.338 e. The molecule has 1 atom stereocenters. The lowest BCUT2D eigenvalue weighted by molar-refractivity contribution is -0.121. The maximum atomic E-state index is 12.8. The van der Waals surface area contributed by atoms with Crippen molar-refractivity contribution in [3.63, 3.8) is 0 Å². The van der Waals surface area contributed by atoms with Crippen LogP contribution >= 0.6 is 23.2 Å². The lowest BCUT2D eigenvalue weighted by atomic mass is 9.97. The standard InChI is InChI=1S/C23H24Cl2N4O2/c1-14-8-15(2)10-18(9-14)26-23(30)16-4-3-7-29(12-16)13-21-27-22(28-31-21)19-6-5-17(24)11-20(19)25/h5-6,8-11,16H,3-4,7,12-13H2,1-2H3,(H,26,30). The van der Waals surface area contributed by atoms with Crippen LogP contribution in [0.1, 0.15) is 29.9 Å². The molecule has 6 nitrogen and oxygen atoms in total. The largest absolute Gasteiger partial charge is 0.338 e. The highest BCUT2D eigenvalue weighted by Crippen LogP contribution is 2.29. The van der Waals surface area contributed by atoms with Gasteiger partial charge >= 0.3 is 0 Å². The molecule has 0 bridgehead atoms. The first-order valence-corrected chi connectivity index (χ1v) is 11.0. The Morgan fingerprint density at radius 1 is 1.19 bits per heavy atom. The highest BCUT2D eigenvalue weighted by atomic mass is 35.5. The number of halogens is 2. The molecule has 31 heavy (non-hydrogen) atoms. The number of anilines is 1. The summed E-state index contributed by atoms with van der Waals surface area (Å²) in [6.45, 7) is 6.08. The van der Waals surface area contributed by atoms with E-state index in [2.05, 4.69) is 26.4 Å². The predicted octanol–water partition coefficient (Wildman–Crippen LogP) is 5.51. The number of aromatic nitrogens is 2. The molecule has 0 aliphatic carbocycles. The third kappa shape index (κ3) is 5.45. The lowest BCUT2D eigenvalue weighted by Crippen LogP contribution is -2.40. The average Bonchev–Trinajstić information content (AvgIpc) is 3.15. The summed E-state index contributed by atoms with van der Waals surface area (Å²) in [5, 5.41) is 8.15. The smallest absolute Gasteiger partial charge is 0.241 e. The van der Waals surface area contributed by atoms with Crippen molar-refractivity contribution in [3.8, 4) is 11.4 Å². The maximum absolute atomic E-state index is 12.8. The van der Waals surface area contributed by atoms with Gasteiger partial charge in [-0.05, 0) is 74.7 Å². The van der Waals surface area contributed by atoms with Gasteiger partial charge in [-0.1, -0.05) is 34.4 Å². The molecule has 1 aliphatic rings. The molecule has 2 aromatic carbocycles. The average molecular weight is 459 g/mol. The highest BCUT2D eigenvalue weighted by molar-refractivity contribution is 6.36. The van der Waals surface area contributed by atoms with Crippen LogP contribution in [0.4, 0.5) is 5.69 Å². The molecule has 1 N–H and O–H groups in total. The fourth-order valence-electron chi connectivity index (χ4n) is 3.99. The molecule has 1 aliphatic heterocycles. The molecule has 0 radical (unpaired) electrons. The number of benzene rings is 2. The van der Waals surface area contributed by atoms with Gasteiger partial charge in [-0.25, -0.2) is 0 Å². The minimum absolute atomic E-state index is 0.0499. The first kappa shape index (κ1) is 21.8. The normalized spacial score (nSPS) is 17.0. The molecule has 3 aromatic rings. The summed E-state index contributed by atoms with van der Waals surface area (Å²) in [7, 11) is 0. The predicted molar refractivity (Wildman–Crippen MR) is 122 cm³/mol. The Labute approximate surface area is 191 Å². The van der Waals surface area contributed by atoms with Crippen LogP contribution in [0.2, 0.25) is 10.0 Å². The van der Waals surface area contributed by atoms with Gasteiger partial charge in [0.15, 0.2) is 0 Å². The topological polar surface area (TPSA) is 71.3 Å². The highest BCUT2D eigenvalue weighted by Gasteiger charge is 2.27. The summed E-state index contributed by atoms with van der Waals surface area (Å²) in [4.78, 5) is 19.5. The Morgan fingerprint density at radius 2 is 1.97 bits per heavy atom. The molecule has 1 amide bonds. The molecular weight excluding hydrogens is 435 g/mol. The van der Waals surface area contributed by atoms with E-state index in [0.29, 0.717) is 40.4 Å². The number of nitrogens with zero attached hydrogens (tertiary/aromatic N) is 3. The summed E-state index contributed by atoms with van der Waals surface area (Å²) >= 11 is 12.2. The van der Waals surface area contributed by atoms with Crippen molar-refractivity contribution in [1.82, 2.24) is 15.0 Å². The molecule has 162 valence electrons. The number of likely N-dealkylation sites (tertiary alicyclic amines) is 1. The number of amides is 1. The Bertz CT molecular complexity index is 1080. The minimum atomic E-state index is -0.0809. The van der Waals surface area contributed by atoms with Gasteiger partial charge in [0.25, 0.3) is 0 Å². The van der Waals surface area contributed by atoms with Crippen LogP contribution in [-0.2, 0) is 11.3 Å². The molecule has 8 heteroatoms. The number of aryl methyl sites for hydroxylation is 2. The van der Waals surface area contributed by atoms with Crippen LogP contribution in [-0.4, -0.2) is 34.0 Å². The van der Waals surface area contributed by atoms with E-state index in [-0.39, 0.29) is 11.8 Å². The van der Waals surface area contributed by atoms with E-state index in [4.69, 9.17) is 27.7 Å². The SMILES string of the molecule is Cc1cc(C)cc(NC(=O)C2CCCN(Cc3nc(-c4ccc(Cl)cc4Cl)no3)C2)c1. The van der Waals surface area contributed by atoms with Gasteiger partial charge in [-0.2, -0.15) is 4.98 Å². The molecule has 0 saturated carbocycles. The Hall–Kier alpha value is -2.41. The molecular formula is C23H24Cl2N4O2. The molecule has 2 heterocycles. The Morgan fingerprint density at radius 3 is 2.71 bits per heavy atom. The van der Waals surface area contributed by atoms with E-state index in [1.54, 1.807) is 18.2 Å². The third-order valence-corrected chi connectivity index (χ3v) is 5.91. The second kappa shape index (κ2) is 9.39. The summed E-state index contributed by atoms with van der Waals surface area (Å²) in [6.07, 6.45) is 1.80. The van der Waals surface area contributed by atoms with Crippen LogP contribution in [0.25, 0.3) is 11.4 Å². The number of nitrogens with one attached hydrogen (secondary N) is 1. The first-order valence-electron chi connectivity index (χ1n) is 10.3. The van der Waals surface area contributed by atoms with Crippen molar-refractivity contribution in [3.05, 3.63) is 63.5 Å². The first-order chi connectivity index (χ1) is 14.9. The van der Waals surface area contributed by atoms with Gasteiger partial charge in [-0.15, -0.1) is 0 Å². The van der Waals surface area contributed by atoms with Crippen LogP contribution in [0.5, 0.6) is 0 Å². The zero-order valence-corrected chi connectivity index (χ0v) is 19.0. The molecule has 1 fully saturated rings. The summed E-state index contributed by atoms with van der Waals surface area (Å²) < 4.78 is 5.43. The fraction of sp³-hybridized carbons (Fsp3) is 0.348. The number of carbonyl (C=O) groups is 1. The van der Waals surface area contributed by atoms with Crippen molar-refractivity contribution >= 4 is 34.8 Å². The monoisotopic (exact) mass is 458 g/mol. The van der Waals surface area contributed by atoms with Gasteiger partial charge in [0.2, 0.25) is 17.6 Å². The quantitative estimate of drug-likeness (QED) is 0.545. The van der Waals surface area contributed by atoms with E-state index >= 15 is 0 Å². The number of hydrogen-bond acceptors (Lipinski definition) is 5. The van der Waals surface area contributed by atoms with Gasteiger partial charge in [-0.3, -0.25) is 9.69 Å². The van der Waals surface area contributed by atoms with Crippen molar-refractivity contribution in [2.45, 2.75) is 33.2 Å². The number of hydrogen-bond donors (Lipinski definition) is 1. The summed E-state index contributed by atoms with van der Waals surface area (Å²) in [6, 6.07) is 11.2. The zero-order chi connectivity index (χ0) is 22.0. The lowest BCUT2D eigenvalue weighted by Gasteiger charge is -2.30. The van der Waals surface area contributed by atoms with E-state index in [1.807, 2.05) is 26.0 Å². The number of rotatable bonds is 5. The third-order valence-electron chi connectivity index (χ3n) is 5.36. The molecule has 1 aromatic heterocycles. The van der Waals surface area contributed by atoms with Gasteiger partial charge in [0, 0.05) is 22.8 Å². The van der Waals surface area contributed by atoms with Crippen LogP contribution < -0.4 is 5.32 Å². The van der Waals surface area contributed by atoms with E-state index in [9.17, 15) is 4.79 Å². The fourth-order valence-corrected chi connectivity index (χ4v) is 4.49. The Kier molecular flexibility index (Phi) is 6.60. The van der Waals surface area contributed by atoms with Crippen molar-refractivity contribution in [1.29, 1.82) is 0 Å². The molecule has 1 unspecified atom stereocenters. The van der Waals surface area contributed by atoms with Gasteiger partial charge in [0.05, 0.1) is 17.5 Å². The van der Waals surface area contributed by atoms with E-state index in [0.717, 1.165) is 36.2 Å².